The molecule has 0 amide bonds. The van der Waals surface area contributed by atoms with Crippen LogP contribution in [0.15, 0.2) is 40.9 Å². The largest absolute Gasteiger partial charge is 0.460 e. The maximum atomic E-state index is 12.3. The molecule has 1 aliphatic heterocycles. The summed E-state index contributed by atoms with van der Waals surface area (Å²) >= 11 is 3.43. The summed E-state index contributed by atoms with van der Waals surface area (Å²) in [7, 11) is 0. The van der Waals surface area contributed by atoms with E-state index in [1.807, 2.05) is 24.3 Å². The summed E-state index contributed by atoms with van der Waals surface area (Å²) in [6.07, 6.45) is -0.683. The van der Waals surface area contributed by atoms with Gasteiger partial charge in [0.1, 0.15) is 6.10 Å². The molecular weight excluding hydrogens is 374 g/mol. The van der Waals surface area contributed by atoms with Gasteiger partial charge in [-0.1, -0.05) is 28.1 Å². The van der Waals surface area contributed by atoms with E-state index in [1.54, 1.807) is 26.0 Å². The van der Waals surface area contributed by atoms with Crippen molar-refractivity contribution in [2.24, 2.45) is 0 Å². The van der Waals surface area contributed by atoms with Crippen molar-refractivity contribution >= 4 is 27.9 Å². The predicted molar refractivity (Wildman–Crippen MR) is 91.5 cm³/mol. The summed E-state index contributed by atoms with van der Waals surface area (Å²) in [5.41, 5.74) is 2.61. The summed E-state index contributed by atoms with van der Waals surface area (Å²) in [6, 6.07) is 11.2. The number of hydrogen-bond donors (Lipinski definition) is 0. The lowest BCUT2D eigenvalue weighted by Gasteiger charge is -2.11. The molecule has 1 aliphatic rings. The number of carbonyl (C=O) groups is 2. The first-order valence-electron chi connectivity index (χ1n) is 7.59. The average molecular weight is 390 g/mol. The summed E-state index contributed by atoms with van der Waals surface area (Å²) in [6.45, 7) is 3.51. The molecule has 0 radical (unpaired) electrons. The summed E-state index contributed by atoms with van der Waals surface area (Å²) < 4.78 is 11.2. The zero-order chi connectivity index (χ0) is 17.3. The van der Waals surface area contributed by atoms with Gasteiger partial charge in [-0.05, 0) is 38.1 Å². The third kappa shape index (κ3) is 3.48. The molecular formula is C18H16BrNO4. The van der Waals surface area contributed by atoms with Crippen LogP contribution in [0.1, 0.15) is 29.4 Å². The van der Waals surface area contributed by atoms with Gasteiger partial charge in [0.05, 0.1) is 17.0 Å². The molecule has 5 nitrogen and oxygen atoms in total. The average Bonchev–Trinajstić information content (AvgIpc) is 2.84. The molecule has 1 saturated heterocycles. The van der Waals surface area contributed by atoms with Crippen LogP contribution in [0.25, 0.3) is 11.3 Å². The lowest BCUT2D eigenvalue weighted by Crippen LogP contribution is -2.23. The van der Waals surface area contributed by atoms with Crippen LogP contribution in [0.2, 0.25) is 0 Å². The smallest absolute Gasteiger partial charge is 0.347 e. The highest BCUT2D eigenvalue weighted by molar-refractivity contribution is 9.10. The Morgan fingerprint density at radius 2 is 2.12 bits per heavy atom. The van der Waals surface area contributed by atoms with E-state index < -0.39 is 18.0 Å². The van der Waals surface area contributed by atoms with E-state index in [4.69, 9.17) is 9.47 Å². The van der Waals surface area contributed by atoms with Gasteiger partial charge < -0.3 is 9.47 Å². The van der Waals surface area contributed by atoms with E-state index >= 15 is 0 Å². The van der Waals surface area contributed by atoms with Gasteiger partial charge in [-0.2, -0.15) is 0 Å². The number of halogens is 1. The number of benzene rings is 1. The van der Waals surface area contributed by atoms with E-state index in [0.717, 1.165) is 15.7 Å². The third-order valence-electron chi connectivity index (χ3n) is 3.80. The summed E-state index contributed by atoms with van der Waals surface area (Å²) in [5.74, 6) is -1.05. The number of nitrogens with zero attached hydrogens (tertiary/aromatic N) is 1. The molecule has 3 rings (SSSR count). The summed E-state index contributed by atoms with van der Waals surface area (Å²) in [5, 5.41) is 0. The van der Waals surface area contributed by atoms with E-state index in [9.17, 15) is 9.59 Å². The van der Waals surface area contributed by atoms with Crippen LogP contribution in [-0.2, 0) is 14.3 Å². The van der Waals surface area contributed by atoms with Gasteiger partial charge in [-0.25, -0.2) is 9.59 Å². The highest BCUT2D eigenvalue weighted by atomic mass is 79.9. The van der Waals surface area contributed by atoms with Crippen molar-refractivity contribution in [1.82, 2.24) is 4.98 Å². The number of pyridine rings is 1. The van der Waals surface area contributed by atoms with Crippen molar-refractivity contribution in [3.63, 3.8) is 0 Å². The van der Waals surface area contributed by atoms with Gasteiger partial charge >= 0.3 is 11.9 Å². The number of esters is 2. The molecule has 2 heterocycles. The molecule has 0 saturated carbocycles. The zero-order valence-corrected chi connectivity index (χ0v) is 14.9. The fourth-order valence-corrected chi connectivity index (χ4v) is 2.99. The van der Waals surface area contributed by atoms with Crippen LogP contribution in [0, 0.1) is 6.92 Å². The number of carbonyl (C=O) groups excluding carboxylic acids is 2. The summed E-state index contributed by atoms with van der Waals surface area (Å²) in [4.78, 5) is 28.4. The Hall–Kier alpha value is -2.21. The van der Waals surface area contributed by atoms with Gasteiger partial charge in [0.2, 0.25) is 6.10 Å². The van der Waals surface area contributed by atoms with Crippen LogP contribution >= 0.6 is 15.9 Å². The molecule has 6 heteroatoms. The second-order valence-corrected chi connectivity index (χ2v) is 6.63. The first kappa shape index (κ1) is 16.6. The fourth-order valence-electron chi connectivity index (χ4n) is 2.59. The lowest BCUT2D eigenvalue weighted by atomic mass is 10.1. The standard InChI is InChI=1S/C18H16BrNO4/c1-10-8-16(18(22)23-10)24-17(21)14-6-7-15(20-11(14)2)12-4-3-5-13(19)9-12/h3-7,9-10,16H,8H2,1-2H3. The van der Waals surface area contributed by atoms with Crippen molar-refractivity contribution in [1.29, 1.82) is 0 Å². The number of aromatic nitrogens is 1. The SMILES string of the molecule is Cc1nc(-c2cccc(Br)c2)ccc1C(=O)OC1CC(C)OC1=O. The van der Waals surface area contributed by atoms with Gasteiger partial charge in [0.15, 0.2) is 0 Å². The van der Waals surface area contributed by atoms with Gasteiger partial charge in [0.25, 0.3) is 0 Å². The topological polar surface area (TPSA) is 65.5 Å². The highest BCUT2D eigenvalue weighted by Gasteiger charge is 2.35. The molecule has 2 unspecified atom stereocenters. The molecule has 1 fully saturated rings. The molecule has 2 aromatic rings. The van der Waals surface area contributed by atoms with Crippen molar-refractivity contribution in [2.75, 3.05) is 0 Å². The van der Waals surface area contributed by atoms with Gasteiger partial charge in [-0.3, -0.25) is 4.98 Å². The minimum absolute atomic E-state index is 0.228. The molecule has 24 heavy (non-hydrogen) atoms. The fraction of sp³-hybridized carbons (Fsp3) is 0.278. The monoisotopic (exact) mass is 389 g/mol. The van der Waals surface area contributed by atoms with E-state index in [-0.39, 0.29) is 6.10 Å². The van der Waals surface area contributed by atoms with E-state index in [2.05, 4.69) is 20.9 Å². The van der Waals surface area contributed by atoms with Crippen molar-refractivity contribution in [3.8, 4) is 11.3 Å². The van der Waals surface area contributed by atoms with E-state index in [0.29, 0.717) is 17.7 Å². The molecule has 124 valence electrons. The number of cyclic esters (lactones) is 1. The van der Waals surface area contributed by atoms with Crippen LogP contribution in [0.4, 0.5) is 0 Å². The van der Waals surface area contributed by atoms with Crippen LogP contribution in [0.3, 0.4) is 0 Å². The number of aryl methyl sites for hydroxylation is 1. The Morgan fingerprint density at radius 1 is 1.33 bits per heavy atom. The lowest BCUT2D eigenvalue weighted by molar-refractivity contribution is -0.147. The number of hydrogen-bond acceptors (Lipinski definition) is 5. The Bertz CT molecular complexity index is 805. The van der Waals surface area contributed by atoms with Crippen molar-refractivity contribution in [3.05, 3.63) is 52.1 Å². The maximum Gasteiger partial charge on any atom is 0.347 e. The number of rotatable bonds is 3. The maximum absolute atomic E-state index is 12.3. The quantitative estimate of drug-likeness (QED) is 0.749. The van der Waals surface area contributed by atoms with Crippen LogP contribution in [0.5, 0.6) is 0 Å². The molecule has 0 bridgehead atoms. The van der Waals surface area contributed by atoms with Crippen LogP contribution in [-0.4, -0.2) is 29.1 Å². The second kappa shape index (κ2) is 6.73. The van der Waals surface area contributed by atoms with Gasteiger partial charge in [0, 0.05) is 16.5 Å². The molecule has 2 atom stereocenters. The Labute approximate surface area is 148 Å². The van der Waals surface area contributed by atoms with Crippen molar-refractivity contribution in [2.45, 2.75) is 32.5 Å². The van der Waals surface area contributed by atoms with Crippen LogP contribution < -0.4 is 0 Å². The minimum Gasteiger partial charge on any atom is -0.460 e. The third-order valence-corrected chi connectivity index (χ3v) is 4.29. The minimum atomic E-state index is -0.836. The molecule has 1 aromatic carbocycles. The molecule has 0 N–H and O–H groups in total. The second-order valence-electron chi connectivity index (χ2n) is 5.72. The highest BCUT2D eigenvalue weighted by Crippen LogP contribution is 2.24. The zero-order valence-electron chi connectivity index (χ0n) is 13.3. The Balaban J connectivity index is 1.80. The number of ether oxygens (including phenoxy) is 2. The van der Waals surface area contributed by atoms with Crippen molar-refractivity contribution < 1.29 is 19.1 Å². The first-order valence-corrected chi connectivity index (χ1v) is 8.38. The predicted octanol–water partition coefficient (Wildman–Crippen LogP) is 3.68. The normalized spacial score (nSPS) is 19.9. The Morgan fingerprint density at radius 3 is 2.75 bits per heavy atom. The van der Waals surface area contributed by atoms with Gasteiger partial charge in [-0.15, -0.1) is 0 Å². The molecule has 0 aliphatic carbocycles. The molecule has 1 aromatic heterocycles. The molecule has 0 spiro atoms. The Kier molecular flexibility index (Phi) is 4.66. The van der Waals surface area contributed by atoms with E-state index in [1.165, 1.54) is 0 Å². The first-order chi connectivity index (χ1) is 11.4.